The minimum Gasteiger partial charge on any atom is -0.489 e. The van der Waals surface area contributed by atoms with Gasteiger partial charge < -0.3 is 9.47 Å². The lowest BCUT2D eigenvalue weighted by Gasteiger charge is -2.16. The van der Waals surface area contributed by atoms with E-state index in [1.165, 1.54) is 36.4 Å². The molecule has 0 saturated heterocycles. The first-order chi connectivity index (χ1) is 14.9. The Morgan fingerprint density at radius 1 is 0.875 bits per heavy atom. The smallest absolute Gasteiger partial charge is 0.416 e. The molecule has 0 aliphatic heterocycles. The molecule has 0 saturated carbocycles. The molecule has 6 nitrogen and oxygen atoms in total. The highest BCUT2D eigenvalue weighted by molar-refractivity contribution is 5.37. The van der Waals surface area contributed by atoms with Crippen molar-refractivity contribution >= 4 is 5.69 Å². The number of nitro groups is 1. The molecular weight excluding hydrogens is 446 g/mol. The first-order valence-electron chi connectivity index (χ1n) is 8.72. The molecule has 0 aliphatic carbocycles. The summed E-state index contributed by atoms with van der Waals surface area (Å²) in [4.78, 5) is 13.8. The topological polar surface area (TPSA) is 74.5 Å². The molecule has 32 heavy (non-hydrogen) atoms. The van der Waals surface area contributed by atoms with Crippen molar-refractivity contribution in [3.05, 3.63) is 87.6 Å². The van der Waals surface area contributed by atoms with Crippen LogP contribution in [0.25, 0.3) is 0 Å². The third-order valence-electron chi connectivity index (χ3n) is 4.11. The molecule has 12 heteroatoms. The monoisotopic (exact) mass is 458 g/mol. The number of rotatable bonds is 6. The number of aromatic nitrogens is 1. The van der Waals surface area contributed by atoms with Crippen molar-refractivity contribution in [2.75, 3.05) is 0 Å². The molecule has 2 aromatic carbocycles. The zero-order valence-corrected chi connectivity index (χ0v) is 15.8. The van der Waals surface area contributed by atoms with Gasteiger partial charge in [-0.25, -0.2) is 4.98 Å². The van der Waals surface area contributed by atoms with Crippen LogP contribution in [0.5, 0.6) is 17.4 Å². The van der Waals surface area contributed by atoms with E-state index >= 15 is 0 Å². The highest BCUT2D eigenvalue weighted by Crippen LogP contribution is 2.37. The van der Waals surface area contributed by atoms with Gasteiger partial charge in [-0.05, 0) is 36.4 Å². The Kier molecular flexibility index (Phi) is 6.23. The maximum atomic E-state index is 13.2. The van der Waals surface area contributed by atoms with Crippen molar-refractivity contribution in [2.45, 2.75) is 19.0 Å². The summed E-state index contributed by atoms with van der Waals surface area (Å²) in [7, 11) is 0. The van der Waals surface area contributed by atoms with E-state index in [0.29, 0.717) is 6.07 Å². The number of halogens is 6. The van der Waals surface area contributed by atoms with Crippen LogP contribution in [0.4, 0.5) is 32.0 Å². The molecule has 0 amide bonds. The van der Waals surface area contributed by atoms with Gasteiger partial charge in [-0.3, -0.25) is 10.1 Å². The lowest BCUT2D eigenvalue weighted by atomic mass is 10.0. The summed E-state index contributed by atoms with van der Waals surface area (Å²) in [6.45, 7) is -0.614. The van der Waals surface area contributed by atoms with Crippen LogP contribution in [0.2, 0.25) is 0 Å². The van der Waals surface area contributed by atoms with Crippen LogP contribution in [-0.2, 0) is 19.0 Å². The Hall–Kier alpha value is -3.83. The van der Waals surface area contributed by atoms with E-state index in [1.54, 1.807) is 0 Å². The normalized spacial score (nSPS) is 11.8. The molecule has 1 aromatic heterocycles. The van der Waals surface area contributed by atoms with Crippen LogP contribution in [0.15, 0.2) is 60.8 Å². The maximum absolute atomic E-state index is 13.2. The van der Waals surface area contributed by atoms with E-state index < -0.39 is 40.6 Å². The second-order valence-corrected chi connectivity index (χ2v) is 6.34. The minimum atomic E-state index is -4.99. The molecule has 0 N–H and O–H groups in total. The Balaban J connectivity index is 1.69. The molecule has 0 aliphatic rings. The Morgan fingerprint density at radius 3 is 2.06 bits per heavy atom. The van der Waals surface area contributed by atoms with Crippen LogP contribution >= 0.6 is 0 Å². The Bertz CT molecular complexity index is 1100. The van der Waals surface area contributed by atoms with E-state index in [9.17, 15) is 36.5 Å². The fraction of sp³-hybridized carbons (Fsp3) is 0.150. The molecule has 0 radical (unpaired) electrons. The van der Waals surface area contributed by atoms with Gasteiger partial charge in [0.15, 0.2) is 0 Å². The van der Waals surface area contributed by atoms with Crippen LogP contribution in [0.3, 0.4) is 0 Å². The summed E-state index contributed by atoms with van der Waals surface area (Å²) in [6.07, 6.45) is -8.89. The number of benzene rings is 2. The van der Waals surface area contributed by atoms with Gasteiger partial charge in [0.2, 0.25) is 5.88 Å². The lowest BCUT2D eigenvalue weighted by Crippen LogP contribution is -2.14. The zero-order chi connectivity index (χ0) is 23.5. The molecule has 0 spiro atoms. The number of hydrogen-bond acceptors (Lipinski definition) is 5. The van der Waals surface area contributed by atoms with E-state index in [-0.39, 0.29) is 29.1 Å². The first-order valence-corrected chi connectivity index (χ1v) is 8.72. The van der Waals surface area contributed by atoms with Gasteiger partial charge in [-0.15, -0.1) is 0 Å². The summed E-state index contributed by atoms with van der Waals surface area (Å²) >= 11 is 0. The third-order valence-corrected chi connectivity index (χ3v) is 4.11. The van der Waals surface area contributed by atoms with Crippen molar-refractivity contribution in [3.8, 4) is 17.4 Å². The van der Waals surface area contributed by atoms with Crippen LogP contribution < -0.4 is 9.47 Å². The van der Waals surface area contributed by atoms with Crippen molar-refractivity contribution in [1.29, 1.82) is 0 Å². The van der Waals surface area contributed by atoms with Gasteiger partial charge in [-0.2, -0.15) is 26.3 Å². The quantitative estimate of drug-likeness (QED) is 0.243. The van der Waals surface area contributed by atoms with Gasteiger partial charge in [0.1, 0.15) is 24.3 Å². The molecule has 0 bridgehead atoms. The Morgan fingerprint density at radius 2 is 1.53 bits per heavy atom. The van der Waals surface area contributed by atoms with E-state index in [0.717, 1.165) is 12.3 Å². The number of alkyl halides is 6. The van der Waals surface area contributed by atoms with Crippen molar-refractivity contribution < 1.29 is 40.7 Å². The van der Waals surface area contributed by atoms with Crippen LogP contribution in [0, 0.1) is 10.1 Å². The first kappa shape index (κ1) is 22.8. The highest BCUT2D eigenvalue weighted by atomic mass is 19.4. The Labute approximate surface area is 176 Å². The van der Waals surface area contributed by atoms with Gasteiger partial charge >= 0.3 is 12.4 Å². The molecule has 0 fully saturated rings. The SMILES string of the molecule is O=[N+]([O-])c1ccc(Oc2ccc(OCc3ccc(C(F)(F)F)cc3C(F)(F)F)cc2)nc1. The second kappa shape index (κ2) is 8.73. The van der Waals surface area contributed by atoms with Gasteiger partial charge in [0.25, 0.3) is 5.69 Å². The van der Waals surface area contributed by atoms with E-state index in [1.807, 2.05) is 0 Å². The molecule has 3 rings (SSSR count). The fourth-order valence-corrected chi connectivity index (χ4v) is 2.57. The molecule has 1 heterocycles. The summed E-state index contributed by atoms with van der Waals surface area (Å²) in [6, 6.07) is 9.38. The average Bonchev–Trinajstić information content (AvgIpc) is 2.72. The number of nitrogens with zero attached hydrogens (tertiary/aromatic N) is 2. The maximum Gasteiger partial charge on any atom is 0.416 e. The average molecular weight is 458 g/mol. The predicted octanol–water partition coefficient (Wildman–Crippen LogP) is 6.40. The minimum absolute atomic E-state index is 0.0484. The largest absolute Gasteiger partial charge is 0.489 e. The predicted molar refractivity (Wildman–Crippen MR) is 98.2 cm³/mol. The van der Waals surface area contributed by atoms with Crippen molar-refractivity contribution in [3.63, 3.8) is 0 Å². The summed E-state index contributed by atoms with van der Waals surface area (Å²) in [5.41, 5.74) is -3.52. The fourth-order valence-electron chi connectivity index (χ4n) is 2.57. The number of hydrogen-bond donors (Lipinski definition) is 0. The second-order valence-electron chi connectivity index (χ2n) is 6.34. The van der Waals surface area contributed by atoms with E-state index in [2.05, 4.69) is 4.98 Å². The van der Waals surface area contributed by atoms with Gasteiger partial charge in [0.05, 0.1) is 16.1 Å². The van der Waals surface area contributed by atoms with Crippen LogP contribution in [0.1, 0.15) is 16.7 Å². The molecule has 3 aromatic rings. The number of ether oxygens (including phenoxy) is 2. The third kappa shape index (κ3) is 5.65. The van der Waals surface area contributed by atoms with Gasteiger partial charge in [-0.1, -0.05) is 6.07 Å². The molecule has 168 valence electrons. The molecule has 0 unspecified atom stereocenters. The molecular formula is C20H12F6N2O4. The zero-order valence-electron chi connectivity index (χ0n) is 15.8. The summed E-state index contributed by atoms with van der Waals surface area (Å²) in [5, 5.41) is 10.6. The van der Waals surface area contributed by atoms with E-state index in [4.69, 9.17) is 9.47 Å². The standard InChI is InChI=1S/C20H12F6N2O4/c21-19(22,23)13-2-1-12(17(9-13)20(24,25)26)11-31-15-4-6-16(7-5-15)32-18-8-3-14(10-27-18)28(29)30/h1-10H,11H2. The van der Waals surface area contributed by atoms with Crippen molar-refractivity contribution in [2.24, 2.45) is 0 Å². The molecule has 0 atom stereocenters. The highest BCUT2D eigenvalue weighted by Gasteiger charge is 2.38. The lowest BCUT2D eigenvalue weighted by molar-refractivity contribution is -0.385. The van der Waals surface area contributed by atoms with Crippen molar-refractivity contribution in [1.82, 2.24) is 4.98 Å². The summed E-state index contributed by atoms with van der Waals surface area (Å²) < 4.78 is 88.5. The van der Waals surface area contributed by atoms with Gasteiger partial charge in [0, 0.05) is 17.7 Å². The van der Waals surface area contributed by atoms with Crippen LogP contribution in [-0.4, -0.2) is 9.91 Å². The number of pyridine rings is 1. The summed E-state index contributed by atoms with van der Waals surface area (Å²) in [5.74, 6) is 0.482.